The van der Waals surface area contributed by atoms with Gasteiger partial charge in [0.15, 0.2) is 6.61 Å². The van der Waals surface area contributed by atoms with E-state index in [0.717, 1.165) is 5.56 Å². The van der Waals surface area contributed by atoms with E-state index in [9.17, 15) is 4.79 Å². The molecule has 0 aromatic heterocycles. The predicted octanol–water partition coefficient (Wildman–Crippen LogP) is 2.08. The molecule has 0 amide bonds. The lowest BCUT2D eigenvalue weighted by Gasteiger charge is -2.01. The van der Waals surface area contributed by atoms with Crippen LogP contribution in [-0.4, -0.2) is 17.7 Å². The van der Waals surface area contributed by atoms with E-state index in [1.54, 1.807) is 30.3 Å². The van der Waals surface area contributed by atoms with Crippen molar-refractivity contribution in [3.05, 3.63) is 35.4 Å². The van der Waals surface area contributed by atoms with Gasteiger partial charge in [-0.1, -0.05) is 12.1 Å². The number of rotatable bonds is 4. The van der Waals surface area contributed by atoms with Crippen LogP contribution in [0.3, 0.4) is 0 Å². The number of carbonyl (C=O) groups is 1. The van der Waals surface area contributed by atoms with E-state index >= 15 is 0 Å². The normalized spacial score (nSPS) is 10.6. The summed E-state index contributed by atoms with van der Waals surface area (Å²) in [6.45, 7) is 1.53. The molecule has 0 spiro atoms. The first-order valence-electron chi connectivity index (χ1n) is 4.65. The number of benzene rings is 1. The number of aliphatic carboxylic acids is 1. The van der Waals surface area contributed by atoms with Crippen LogP contribution in [0.4, 0.5) is 0 Å². The lowest BCUT2D eigenvalue weighted by Crippen LogP contribution is -1.95. The van der Waals surface area contributed by atoms with Crippen molar-refractivity contribution >= 4 is 12.0 Å². The highest BCUT2D eigenvalue weighted by Crippen LogP contribution is 2.14. The summed E-state index contributed by atoms with van der Waals surface area (Å²) >= 11 is 0. The van der Waals surface area contributed by atoms with Gasteiger partial charge in [-0.05, 0) is 30.7 Å². The zero-order chi connectivity index (χ0) is 12.0. The third-order valence-electron chi connectivity index (χ3n) is 1.90. The first-order valence-corrected chi connectivity index (χ1v) is 4.65. The maximum atomic E-state index is 10.6. The van der Waals surface area contributed by atoms with Gasteiger partial charge in [0.25, 0.3) is 0 Å². The monoisotopic (exact) mass is 217 g/mol. The molecule has 0 saturated heterocycles. The topological polar surface area (TPSA) is 70.3 Å². The van der Waals surface area contributed by atoms with Crippen molar-refractivity contribution < 1.29 is 14.6 Å². The van der Waals surface area contributed by atoms with E-state index in [1.807, 2.05) is 6.07 Å². The van der Waals surface area contributed by atoms with Gasteiger partial charge in [0.05, 0.1) is 0 Å². The summed E-state index contributed by atoms with van der Waals surface area (Å²) < 4.78 is 5.06. The van der Waals surface area contributed by atoms with Gasteiger partial charge in [0, 0.05) is 5.57 Å². The van der Waals surface area contributed by atoms with Crippen molar-refractivity contribution in [3.63, 3.8) is 0 Å². The quantitative estimate of drug-likeness (QED) is 0.784. The van der Waals surface area contributed by atoms with Crippen molar-refractivity contribution in [2.75, 3.05) is 6.61 Å². The Labute approximate surface area is 93.4 Å². The Balaban J connectivity index is 2.76. The molecule has 16 heavy (non-hydrogen) atoms. The van der Waals surface area contributed by atoms with Gasteiger partial charge in [-0.3, -0.25) is 0 Å². The molecular formula is C12H11NO3. The van der Waals surface area contributed by atoms with Gasteiger partial charge < -0.3 is 9.84 Å². The van der Waals surface area contributed by atoms with Crippen LogP contribution in [0.1, 0.15) is 12.5 Å². The predicted molar refractivity (Wildman–Crippen MR) is 58.8 cm³/mol. The Hall–Kier alpha value is -2.28. The molecule has 0 bridgehead atoms. The third-order valence-corrected chi connectivity index (χ3v) is 1.90. The first kappa shape index (κ1) is 11.8. The summed E-state index contributed by atoms with van der Waals surface area (Å²) in [6, 6.07) is 8.72. The van der Waals surface area contributed by atoms with E-state index in [4.69, 9.17) is 15.1 Å². The molecule has 0 fully saturated rings. The maximum Gasteiger partial charge on any atom is 0.331 e. The smallest absolute Gasteiger partial charge is 0.331 e. The lowest BCUT2D eigenvalue weighted by atomic mass is 10.1. The number of nitrogens with zero attached hydrogens (tertiary/aromatic N) is 1. The molecule has 0 radical (unpaired) electrons. The Morgan fingerprint density at radius 2 is 2.12 bits per heavy atom. The molecule has 82 valence electrons. The van der Waals surface area contributed by atoms with Gasteiger partial charge in [-0.15, -0.1) is 0 Å². The molecule has 0 aliphatic rings. The van der Waals surface area contributed by atoms with Crippen LogP contribution in [0.15, 0.2) is 29.8 Å². The molecule has 0 aliphatic carbocycles. The molecule has 1 aromatic rings. The molecule has 4 heteroatoms. The Morgan fingerprint density at radius 1 is 1.50 bits per heavy atom. The maximum absolute atomic E-state index is 10.6. The Bertz CT molecular complexity index is 440. The Kier molecular flexibility index (Phi) is 4.10. The second kappa shape index (κ2) is 5.56. The molecule has 1 rings (SSSR count). The third kappa shape index (κ3) is 3.46. The highest BCUT2D eigenvalue weighted by molar-refractivity contribution is 5.91. The summed E-state index contributed by atoms with van der Waals surface area (Å²) in [5.74, 6) is -0.350. The van der Waals surface area contributed by atoms with Crippen LogP contribution in [-0.2, 0) is 4.79 Å². The second-order valence-corrected chi connectivity index (χ2v) is 3.15. The van der Waals surface area contributed by atoms with E-state index in [2.05, 4.69) is 0 Å². The van der Waals surface area contributed by atoms with Crippen LogP contribution >= 0.6 is 0 Å². The van der Waals surface area contributed by atoms with Crippen LogP contribution < -0.4 is 4.74 Å². The second-order valence-electron chi connectivity index (χ2n) is 3.15. The molecule has 1 N–H and O–H groups in total. The van der Waals surface area contributed by atoms with Crippen molar-refractivity contribution in [2.45, 2.75) is 6.92 Å². The van der Waals surface area contributed by atoms with Crippen LogP contribution in [0.2, 0.25) is 0 Å². The van der Waals surface area contributed by atoms with E-state index in [0.29, 0.717) is 5.75 Å². The molecule has 4 nitrogen and oxygen atoms in total. The van der Waals surface area contributed by atoms with Crippen molar-refractivity contribution in [3.8, 4) is 11.8 Å². The summed E-state index contributed by atoms with van der Waals surface area (Å²) in [6.07, 6.45) is 1.57. The fourth-order valence-electron chi connectivity index (χ4n) is 1.09. The average Bonchev–Trinajstić information content (AvgIpc) is 2.28. The molecular weight excluding hydrogens is 206 g/mol. The minimum Gasteiger partial charge on any atom is -0.479 e. The fraction of sp³-hybridized carbons (Fsp3) is 0.167. The minimum absolute atomic E-state index is 0.00331. The summed E-state index contributed by atoms with van der Waals surface area (Å²) in [5, 5.41) is 17.0. The number of hydrogen-bond donors (Lipinski definition) is 1. The average molecular weight is 217 g/mol. The van der Waals surface area contributed by atoms with Crippen molar-refractivity contribution in [1.29, 1.82) is 5.26 Å². The highest BCUT2D eigenvalue weighted by Gasteiger charge is 1.99. The number of nitriles is 1. The van der Waals surface area contributed by atoms with Gasteiger partial charge >= 0.3 is 5.97 Å². The zero-order valence-corrected chi connectivity index (χ0v) is 8.80. The molecule has 0 aliphatic heterocycles. The van der Waals surface area contributed by atoms with Crippen molar-refractivity contribution in [1.82, 2.24) is 0 Å². The first-order chi connectivity index (χ1) is 7.63. The van der Waals surface area contributed by atoms with Crippen LogP contribution in [0, 0.1) is 11.3 Å². The molecule has 0 saturated carbocycles. The highest BCUT2D eigenvalue weighted by atomic mass is 16.5. The summed E-state index contributed by atoms with van der Waals surface area (Å²) in [4.78, 5) is 10.6. The SMILES string of the molecule is CC(=Cc1ccc(OCC#N)cc1)C(=O)O. The Morgan fingerprint density at radius 3 is 2.62 bits per heavy atom. The largest absolute Gasteiger partial charge is 0.479 e. The number of carboxylic acids is 1. The van der Waals surface area contributed by atoms with Gasteiger partial charge in [0.2, 0.25) is 0 Å². The molecule has 0 atom stereocenters. The van der Waals surface area contributed by atoms with Gasteiger partial charge in [-0.25, -0.2) is 4.79 Å². The molecule has 0 unspecified atom stereocenters. The standard InChI is InChI=1S/C12H11NO3/c1-9(12(14)15)8-10-2-4-11(5-3-10)16-7-6-13/h2-5,8H,7H2,1H3,(H,14,15). The van der Waals surface area contributed by atoms with Crippen LogP contribution in [0.5, 0.6) is 5.75 Å². The fourth-order valence-corrected chi connectivity index (χ4v) is 1.09. The van der Waals surface area contributed by atoms with E-state index in [1.165, 1.54) is 6.92 Å². The molecule has 0 heterocycles. The molecule has 1 aromatic carbocycles. The lowest BCUT2D eigenvalue weighted by molar-refractivity contribution is -0.132. The number of carboxylic acid groups (broad SMARTS) is 1. The van der Waals surface area contributed by atoms with Gasteiger partial charge in [-0.2, -0.15) is 5.26 Å². The van der Waals surface area contributed by atoms with Gasteiger partial charge in [0.1, 0.15) is 11.8 Å². The zero-order valence-electron chi connectivity index (χ0n) is 8.80. The van der Waals surface area contributed by atoms with Crippen molar-refractivity contribution in [2.24, 2.45) is 0 Å². The van der Waals surface area contributed by atoms with E-state index in [-0.39, 0.29) is 12.2 Å². The summed E-state index contributed by atoms with van der Waals surface area (Å²) in [5.41, 5.74) is 1.05. The number of hydrogen-bond acceptors (Lipinski definition) is 3. The van der Waals surface area contributed by atoms with E-state index < -0.39 is 5.97 Å². The van der Waals surface area contributed by atoms with Crippen LogP contribution in [0.25, 0.3) is 6.08 Å². The minimum atomic E-state index is -0.940. The summed E-state index contributed by atoms with van der Waals surface area (Å²) in [7, 11) is 0. The number of ether oxygens (including phenoxy) is 1.